The lowest BCUT2D eigenvalue weighted by Gasteiger charge is -2.11. The molecule has 16 heavy (non-hydrogen) atoms. The number of aromatic nitrogens is 2. The highest BCUT2D eigenvalue weighted by Gasteiger charge is 2.09. The lowest BCUT2D eigenvalue weighted by atomic mass is 10.2. The van der Waals surface area contributed by atoms with E-state index >= 15 is 0 Å². The van der Waals surface area contributed by atoms with E-state index in [0.717, 1.165) is 18.8 Å². The van der Waals surface area contributed by atoms with Crippen molar-refractivity contribution in [3.63, 3.8) is 0 Å². The number of imidazole rings is 1. The molecule has 0 radical (unpaired) electrons. The number of ether oxygens (including phenoxy) is 1. The molecule has 0 spiro atoms. The molecule has 1 aromatic heterocycles. The van der Waals surface area contributed by atoms with Crippen molar-refractivity contribution < 1.29 is 9.84 Å². The summed E-state index contributed by atoms with van der Waals surface area (Å²) in [7, 11) is 0. The summed E-state index contributed by atoms with van der Waals surface area (Å²) in [5.41, 5.74) is 0. The standard InChI is InChI=1S/C12H22N2O2/c1-3-7-14-8-6-13-12(14)10-11(15)5-9-16-4-2/h6,8,11,15H,3-5,7,9-10H2,1-2H3. The van der Waals surface area contributed by atoms with E-state index in [9.17, 15) is 5.11 Å². The van der Waals surface area contributed by atoms with Crippen LogP contribution in [-0.4, -0.2) is 34.0 Å². The summed E-state index contributed by atoms with van der Waals surface area (Å²) < 4.78 is 7.31. The molecule has 1 unspecified atom stereocenters. The van der Waals surface area contributed by atoms with Gasteiger partial charge in [0.15, 0.2) is 0 Å². The minimum atomic E-state index is -0.357. The van der Waals surface area contributed by atoms with Crippen molar-refractivity contribution in [3.05, 3.63) is 18.2 Å². The van der Waals surface area contributed by atoms with Crippen LogP contribution in [0.3, 0.4) is 0 Å². The fraction of sp³-hybridized carbons (Fsp3) is 0.750. The van der Waals surface area contributed by atoms with E-state index < -0.39 is 0 Å². The molecule has 0 aromatic carbocycles. The van der Waals surface area contributed by atoms with E-state index in [0.29, 0.717) is 26.1 Å². The lowest BCUT2D eigenvalue weighted by molar-refractivity contribution is 0.0873. The van der Waals surface area contributed by atoms with Crippen LogP contribution < -0.4 is 0 Å². The zero-order chi connectivity index (χ0) is 11.8. The van der Waals surface area contributed by atoms with Gasteiger partial charge >= 0.3 is 0 Å². The predicted molar refractivity (Wildman–Crippen MR) is 63.3 cm³/mol. The molecule has 1 rings (SSSR count). The van der Waals surface area contributed by atoms with E-state index in [-0.39, 0.29) is 6.10 Å². The van der Waals surface area contributed by atoms with Crippen molar-refractivity contribution >= 4 is 0 Å². The zero-order valence-electron chi connectivity index (χ0n) is 10.2. The fourth-order valence-corrected chi connectivity index (χ4v) is 1.65. The third kappa shape index (κ3) is 4.33. The molecule has 1 N–H and O–H groups in total. The molecule has 0 fully saturated rings. The molecule has 0 saturated carbocycles. The van der Waals surface area contributed by atoms with Gasteiger partial charge in [0.05, 0.1) is 6.10 Å². The maximum atomic E-state index is 9.81. The van der Waals surface area contributed by atoms with Gasteiger partial charge in [0.2, 0.25) is 0 Å². The van der Waals surface area contributed by atoms with Crippen LogP contribution in [0.5, 0.6) is 0 Å². The summed E-state index contributed by atoms with van der Waals surface area (Å²) in [6.07, 6.45) is 5.77. The van der Waals surface area contributed by atoms with E-state index in [1.165, 1.54) is 0 Å². The SMILES string of the molecule is CCCn1ccnc1CC(O)CCOCC. The summed E-state index contributed by atoms with van der Waals surface area (Å²) in [5.74, 6) is 0.964. The monoisotopic (exact) mass is 226 g/mol. The second-order valence-electron chi connectivity index (χ2n) is 3.88. The van der Waals surface area contributed by atoms with Gasteiger partial charge in [0.25, 0.3) is 0 Å². The second kappa shape index (κ2) is 7.41. The number of rotatable bonds is 8. The van der Waals surface area contributed by atoms with Crippen molar-refractivity contribution in [1.82, 2.24) is 9.55 Å². The zero-order valence-corrected chi connectivity index (χ0v) is 10.2. The summed E-state index contributed by atoms with van der Waals surface area (Å²) in [4.78, 5) is 4.27. The first kappa shape index (κ1) is 13.2. The first-order chi connectivity index (χ1) is 7.77. The maximum Gasteiger partial charge on any atom is 0.111 e. The first-order valence-electron chi connectivity index (χ1n) is 6.03. The summed E-state index contributed by atoms with van der Waals surface area (Å²) >= 11 is 0. The Labute approximate surface area is 97.3 Å². The Bertz CT molecular complexity index is 286. The van der Waals surface area contributed by atoms with Gasteiger partial charge < -0.3 is 14.4 Å². The Hall–Kier alpha value is -0.870. The predicted octanol–water partition coefficient (Wildman–Crippen LogP) is 1.62. The highest BCUT2D eigenvalue weighted by molar-refractivity contribution is 4.94. The van der Waals surface area contributed by atoms with Crippen LogP contribution in [0.25, 0.3) is 0 Å². The van der Waals surface area contributed by atoms with E-state index in [2.05, 4.69) is 16.5 Å². The second-order valence-corrected chi connectivity index (χ2v) is 3.88. The van der Waals surface area contributed by atoms with Gasteiger partial charge in [-0.15, -0.1) is 0 Å². The van der Waals surface area contributed by atoms with Crippen molar-refractivity contribution in [1.29, 1.82) is 0 Å². The minimum Gasteiger partial charge on any atom is -0.393 e. The average molecular weight is 226 g/mol. The van der Waals surface area contributed by atoms with Crippen molar-refractivity contribution in [2.45, 2.75) is 45.8 Å². The van der Waals surface area contributed by atoms with Crippen LogP contribution in [0.2, 0.25) is 0 Å². The number of hydrogen-bond acceptors (Lipinski definition) is 3. The van der Waals surface area contributed by atoms with Crippen LogP contribution in [0.15, 0.2) is 12.4 Å². The van der Waals surface area contributed by atoms with Gasteiger partial charge in [0.1, 0.15) is 5.82 Å². The van der Waals surface area contributed by atoms with Crippen LogP contribution in [0, 0.1) is 0 Å². The van der Waals surface area contributed by atoms with Gasteiger partial charge in [-0.2, -0.15) is 0 Å². The molecule has 0 aliphatic carbocycles. The molecular weight excluding hydrogens is 204 g/mol. The maximum absolute atomic E-state index is 9.81. The summed E-state index contributed by atoms with van der Waals surface area (Å²) in [6, 6.07) is 0. The smallest absolute Gasteiger partial charge is 0.111 e. The number of aliphatic hydroxyl groups is 1. The number of aryl methyl sites for hydroxylation is 1. The van der Waals surface area contributed by atoms with Crippen LogP contribution in [-0.2, 0) is 17.7 Å². The van der Waals surface area contributed by atoms with E-state index in [1.807, 2.05) is 13.1 Å². The molecular formula is C12H22N2O2. The lowest BCUT2D eigenvalue weighted by Crippen LogP contribution is -2.17. The molecule has 92 valence electrons. The minimum absolute atomic E-state index is 0.357. The molecule has 0 aliphatic rings. The number of hydrogen-bond donors (Lipinski definition) is 1. The molecule has 0 amide bonds. The molecule has 0 aliphatic heterocycles. The molecule has 4 heteroatoms. The molecule has 0 saturated heterocycles. The Morgan fingerprint density at radius 1 is 1.50 bits per heavy atom. The van der Waals surface area contributed by atoms with Crippen LogP contribution in [0.1, 0.15) is 32.5 Å². The van der Waals surface area contributed by atoms with Crippen molar-refractivity contribution in [3.8, 4) is 0 Å². The normalized spacial score (nSPS) is 12.9. The van der Waals surface area contributed by atoms with E-state index in [1.54, 1.807) is 6.20 Å². The molecule has 4 nitrogen and oxygen atoms in total. The van der Waals surface area contributed by atoms with Gasteiger partial charge in [-0.05, 0) is 19.8 Å². The van der Waals surface area contributed by atoms with Crippen molar-refractivity contribution in [2.75, 3.05) is 13.2 Å². The van der Waals surface area contributed by atoms with Crippen LogP contribution >= 0.6 is 0 Å². The molecule has 0 bridgehead atoms. The third-order valence-electron chi connectivity index (χ3n) is 2.48. The Morgan fingerprint density at radius 2 is 2.31 bits per heavy atom. The van der Waals surface area contributed by atoms with Gasteiger partial charge in [-0.3, -0.25) is 0 Å². The highest BCUT2D eigenvalue weighted by atomic mass is 16.5. The highest BCUT2D eigenvalue weighted by Crippen LogP contribution is 2.05. The van der Waals surface area contributed by atoms with Gasteiger partial charge in [-0.1, -0.05) is 6.92 Å². The Kier molecular flexibility index (Phi) is 6.11. The number of nitrogens with zero attached hydrogens (tertiary/aromatic N) is 2. The van der Waals surface area contributed by atoms with Crippen molar-refractivity contribution in [2.24, 2.45) is 0 Å². The first-order valence-corrected chi connectivity index (χ1v) is 6.03. The third-order valence-corrected chi connectivity index (χ3v) is 2.48. The molecule has 1 atom stereocenters. The Morgan fingerprint density at radius 3 is 3.00 bits per heavy atom. The molecule has 1 heterocycles. The topological polar surface area (TPSA) is 47.3 Å². The van der Waals surface area contributed by atoms with E-state index in [4.69, 9.17) is 4.74 Å². The largest absolute Gasteiger partial charge is 0.393 e. The summed E-state index contributed by atoms with van der Waals surface area (Å²) in [6.45, 7) is 6.38. The van der Waals surface area contributed by atoms with Gasteiger partial charge in [0, 0.05) is 38.6 Å². The Balaban J connectivity index is 2.36. The summed E-state index contributed by atoms with van der Waals surface area (Å²) in [5, 5.41) is 9.81. The molecule has 1 aromatic rings. The fourth-order valence-electron chi connectivity index (χ4n) is 1.65. The quantitative estimate of drug-likeness (QED) is 0.685. The number of aliphatic hydroxyl groups excluding tert-OH is 1. The van der Waals surface area contributed by atoms with Crippen LogP contribution in [0.4, 0.5) is 0 Å². The average Bonchev–Trinajstić information content (AvgIpc) is 2.67. The van der Waals surface area contributed by atoms with Gasteiger partial charge in [-0.25, -0.2) is 4.98 Å².